The Labute approximate surface area is 193 Å². The molecule has 33 heavy (non-hydrogen) atoms. The quantitative estimate of drug-likeness (QED) is 0.417. The van der Waals surface area contributed by atoms with E-state index in [1.54, 1.807) is 24.3 Å². The molecule has 1 aliphatic heterocycles. The monoisotopic (exact) mass is 481 g/mol. The second-order valence-electron chi connectivity index (χ2n) is 7.40. The zero-order chi connectivity index (χ0) is 24.2. The molecule has 1 aliphatic rings. The number of aliphatic carboxylic acids is 1. The van der Waals surface area contributed by atoms with Crippen molar-refractivity contribution in [1.82, 2.24) is 10.2 Å². The van der Waals surface area contributed by atoms with Gasteiger partial charge in [-0.1, -0.05) is 35.9 Å². The fourth-order valence-corrected chi connectivity index (χ4v) is 3.80. The molecule has 176 valence electrons. The molecular weight excluding hydrogens is 461 g/mol. The molecule has 11 heteroatoms. The number of aromatic nitrogens is 1. The van der Waals surface area contributed by atoms with Crippen molar-refractivity contribution in [3.8, 4) is 0 Å². The van der Waals surface area contributed by atoms with E-state index in [1.165, 1.54) is 23.2 Å². The minimum atomic E-state index is -3.65. The van der Waals surface area contributed by atoms with Gasteiger partial charge in [0.15, 0.2) is 6.20 Å². The van der Waals surface area contributed by atoms with Gasteiger partial charge in [-0.2, -0.15) is 13.5 Å². The number of nitrogens with zero attached hydrogens (tertiary/aromatic N) is 2. The zero-order valence-corrected chi connectivity index (χ0v) is 18.1. The van der Waals surface area contributed by atoms with Crippen molar-refractivity contribution in [3.63, 3.8) is 0 Å². The summed E-state index contributed by atoms with van der Waals surface area (Å²) in [5.41, 5.74) is 6.02. The molecule has 7 nitrogen and oxygen atoms in total. The van der Waals surface area contributed by atoms with Gasteiger partial charge in [-0.3, -0.25) is 5.32 Å². The maximum atomic E-state index is 15.3. The fourth-order valence-electron chi connectivity index (χ4n) is 3.51. The summed E-state index contributed by atoms with van der Waals surface area (Å²) >= 11 is 6.11. The molecule has 3 rings (SSSR count). The number of carboxylic acid groups (broad SMARTS) is 1. The number of alkyl halides is 2. The molecule has 1 unspecified atom stereocenters. The zero-order valence-electron chi connectivity index (χ0n) is 17.3. The van der Waals surface area contributed by atoms with Crippen molar-refractivity contribution in [2.45, 2.75) is 31.6 Å². The van der Waals surface area contributed by atoms with Crippen molar-refractivity contribution >= 4 is 17.6 Å². The van der Waals surface area contributed by atoms with Crippen LogP contribution in [-0.4, -0.2) is 23.6 Å². The van der Waals surface area contributed by atoms with Crippen LogP contribution in [0.5, 0.6) is 0 Å². The molecule has 3 N–H and O–H groups in total. The van der Waals surface area contributed by atoms with Crippen LogP contribution in [0.25, 0.3) is 0 Å². The van der Waals surface area contributed by atoms with Crippen LogP contribution in [0, 0.1) is 5.21 Å². The van der Waals surface area contributed by atoms with Crippen LogP contribution >= 0.6 is 11.6 Å². The number of allylic oxidation sites excluding steroid dienone is 1. The Bertz CT molecular complexity index is 1090. The lowest BCUT2D eigenvalue weighted by Crippen LogP contribution is -2.50. The first-order chi connectivity index (χ1) is 15.6. The predicted octanol–water partition coefficient (Wildman–Crippen LogP) is 1.75. The summed E-state index contributed by atoms with van der Waals surface area (Å²) < 4.78 is 44.9. The molecule has 1 aromatic carbocycles. The van der Waals surface area contributed by atoms with Crippen molar-refractivity contribution in [1.29, 1.82) is 0 Å². The maximum absolute atomic E-state index is 15.3. The molecule has 0 saturated heterocycles. The first-order valence-corrected chi connectivity index (χ1v) is 10.3. The number of nitrogens with one attached hydrogen (secondary N) is 1. The number of carboxylic acids is 1. The van der Waals surface area contributed by atoms with E-state index < -0.39 is 42.5 Å². The molecule has 0 radical (unpaired) electrons. The Morgan fingerprint density at radius 3 is 2.52 bits per heavy atom. The molecular formula is C22H21ClF3N4O3-. The van der Waals surface area contributed by atoms with E-state index in [0.29, 0.717) is 5.56 Å². The van der Waals surface area contributed by atoms with Gasteiger partial charge < -0.3 is 25.7 Å². The number of rotatable bonds is 9. The highest BCUT2D eigenvalue weighted by Gasteiger charge is 2.41. The highest BCUT2D eigenvalue weighted by Crippen LogP contribution is 2.34. The Morgan fingerprint density at radius 2 is 1.88 bits per heavy atom. The summed E-state index contributed by atoms with van der Waals surface area (Å²) in [7, 11) is 0. The standard InChI is InChI=1S/C22H22ClF3N4O3/c23-17-12-29(11-15-6-2-1-5-14(15)10-27)21(20(24)16(17)9-19(31)32)28-13-22(25,26)18-7-3-4-8-30(18)33/h1-8,12,21,28H,9-11,13,27H2,(H,31,32)/p-1. The molecule has 0 spiro atoms. The normalized spacial score (nSPS) is 16.7. The van der Waals surface area contributed by atoms with Gasteiger partial charge in [0.2, 0.25) is 0 Å². The summed E-state index contributed by atoms with van der Waals surface area (Å²) in [4.78, 5) is 12.4. The van der Waals surface area contributed by atoms with E-state index in [0.717, 1.165) is 17.8 Å². The number of nitrogens with two attached hydrogens (primary N) is 1. The van der Waals surface area contributed by atoms with Crippen LogP contribution in [0.2, 0.25) is 0 Å². The number of pyridine rings is 1. The lowest BCUT2D eigenvalue weighted by atomic mass is 10.0. The third-order valence-corrected chi connectivity index (χ3v) is 5.48. The first kappa shape index (κ1) is 24.6. The molecule has 0 aliphatic carbocycles. The molecule has 0 amide bonds. The Hall–Kier alpha value is -3.08. The molecule has 0 fully saturated rings. The number of benzene rings is 1. The summed E-state index contributed by atoms with van der Waals surface area (Å²) in [6, 6.07) is 10.6. The third-order valence-electron chi connectivity index (χ3n) is 5.16. The van der Waals surface area contributed by atoms with Gasteiger partial charge in [-0.15, -0.1) is 0 Å². The SMILES string of the molecule is NCc1ccccc1CN1C=C(Cl)C(CC(=O)[O-])=C(F)C1NCC(F)(F)c1cccc[n+]1[O-]. The molecule has 0 saturated carbocycles. The minimum absolute atomic E-state index is 0.0301. The van der Waals surface area contributed by atoms with Gasteiger partial charge in [0.25, 0.3) is 5.69 Å². The van der Waals surface area contributed by atoms with Crippen LogP contribution in [-0.2, 0) is 23.8 Å². The largest absolute Gasteiger partial charge is 0.618 e. The third kappa shape index (κ3) is 5.65. The average Bonchev–Trinajstić information content (AvgIpc) is 2.76. The average molecular weight is 482 g/mol. The van der Waals surface area contributed by atoms with Gasteiger partial charge >= 0.3 is 5.92 Å². The molecule has 0 bridgehead atoms. The first-order valence-electron chi connectivity index (χ1n) is 9.92. The van der Waals surface area contributed by atoms with Gasteiger partial charge in [0.1, 0.15) is 12.0 Å². The van der Waals surface area contributed by atoms with E-state index in [4.69, 9.17) is 17.3 Å². The van der Waals surface area contributed by atoms with Crippen LogP contribution in [0.4, 0.5) is 13.2 Å². The van der Waals surface area contributed by atoms with Crippen molar-refractivity contribution in [3.05, 3.63) is 93.3 Å². The van der Waals surface area contributed by atoms with Crippen LogP contribution in [0.1, 0.15) is 23.2 Å². The van der Waals surface area contributed by atoms with E-state index in [1.807, 2.05) is 0 Å². The second kappa shape index (κ2) is 10.2. The van der Waals surface area contributed by atoms with E-state index >= 15 is 4.39 Å². The maximum Gasteiger partial charge on any atom is 0.343 e. The summed E-state index contributed by atoms with van der Waals surface area (Å²) in [5.74, 6) is -6.26. The van der Waals surface area contributed by atoms with Crippen LogP contribution < -0.4 is 20.9 Å². The number of halogens is 4. The van der Waals surface area contributed by atoms with E-state index in [2.05, 4.69) is 5.32 Å². The number of carbonyl (C=O) groups is 1. The van der Waals surface area contributed by atoms with Gasteiger partial charge in [-0.25, -0.2) is 4.39 Å². The van der Waals surface area contributed by atoms with Gasteiger partial charge in [0, 0.05) is 49.4 Å². The summed E-state index contributed by atoms with van der Waals surface area (Å²) in [5, 5.41) is 25.1. The molecule has 1 aromatic heterocycles. The lowest BCUT2D eigenvalue weighted by molar-refractivity contribution is -0.624. The number of hydrogen-bond donors (Lipinski definition) is 2. The molecule has 2 heterocycles. The Balaban J connectivity index is 1.92. The van der Waals surface area contributed by atoms with Crippen LogP contribution in [0.15, 0.2) is 71.3 Å². The van der Waals surface area contributed by atoms with Gasteiger partial charge in [0.05, 0.1) is 11.6 Å². The van der Waals surface area contributed by atoms with E-state index in [9.17, 15) is 23.9 Å². The fraction of sp³-hybridized carbons (Fsp3) is 0.273. The topological polar surface area (TPSA) is 108 Å². The molecule has 2 aromatic rings. The van der Waals surface area contributed by atoms with Crippen LogP contribution in [0.3, 0.4) is 0 Å². The lowest BCUT2D eigenvalue weighted by Gasteiger charge is -2.36. The summed E-state index contributed by atoms with van der Waals surface area (Å²) in [6.45, 7) is -0.856. The van der Waals surface area contributed by atoms with Crippen molar-refractivity contribution < 1.29 is 27.8 Å². The van der Waals surface area contributed by atoms with Crippen molar-refractivity contribution in [2.24, 2.45) is 5.73 Å². The highest BCUT2D eigenvalue weighted by molar-refractivity contribution is 6.32. The van der Waals surface area contributed by atoms with Crippen molar-refractivity contribution in [2.75, 3.05) is 6.54 Å². The Morgan fingerprint density at radius 1 is 1.21 bits per heavy atom. The number of hydrogen-bond acceptors (Lipinski definition) is 6. The van der Waals surface area contributed by atoms with Gasteiger partial charge in [-0.05, 0) is 17.2 Å². The Kier molecular flexibility index (Phi) is 7.62. The summed E-state index contributed by atoms with van der Waals surface area (Å²) in [6.07, 6.45) is -0.0897. The smallest absolute Gasteiger partial charge is 0.343 e. The molecule has 1 atom stereocenters. The number of carbonyl (C=O) groups excluding carboxylic acids is 1. The second-order valence-corrected chi connectivity index (χ2v) is 7.80. The predicted molar refractivity (Wildman–Crippen MR) is 113 cm³/mol. The highest BCUT2D eigenvalue weighted by atomic mass is 35.5. The van der Waals surface area contributed by atoms with E-state index in [-0.39, 0.29) is 28.4 Å². The minimum Gasteiger partial charge on any atom is -0.618 e.